The first-order chi connectivity index (χ1) is 15.3. The molecule has 1 aromatic heterocycles. The van der Waals surface area contributed by atoms with Gasteiger partial charge in [0.15, 0.2) is 0 Å². The molecule has 0 spiro atoms. The molecule has 0 saturated heterocycles. The zero-order chi connectivity index (χ0) is 23.0. The molecule has 2 aromatic carbocycles. The molecule has 32 heavy (non-hydrogen) atoms. The van der Waals surface area contributed by atoms with Crippen molar-refractivity contribution in [2.75, 3.05) is 6.54 Å². The number of hydrogen-bond donors (Lipinski definition) is 1. The van der Waals surface area contributed by atoms with Crippen LogP contribution in [0, 0.1) is 25.1 Å². The van der Waals surface area contributed by atoms with Crippen molar-refractivity contribution in [2.24, 2.45) is 5.73 Å². The fourth-order valence-electron chi connectivity index (χ4n) is 3.82. The molecule has 0 saturated carbocycles. The number of hydrogen-bond acceptors (Lipinski definition) is 3. The number of nitrogens with two attached hydrogens (primary N) is 1. The predicted octanol–water partition coefficient (Wildman–Crippen LogP) is 3.37. The van der Waals surface area contributed by atoms with E-state index in [1.807, 2.05) is 0 Å². The van der Waals surface area contributed by atoms with Gasteiger partial charge in [0.25, 0.3) is 5.91 Å². The standard InChI is InChI=1S/C23H19F2N5O2/c1-13-9-15(4-5-16(13)24)22-21(23(26)32)19-12-29(7-8-30(19)28-22)20(31)11-14-3-6-18(27-2)17(25)10-14/h3-6,9-10H,7-8,11-12H2,1H3,(H2,26,32). The Hall–Kier alpha value is -4.06. The van der Waals surface area contributed by atoms with E-state index in [2.05, 4.69) is 9.94 Å². The number of aromatic nitrogens is 2. The van der Waals surface area contributed by atoms with Crippen LogP contribution in [0.25, 0.3) is 16.1 Å². The molecule has 7 nitrogen and oxygen atoms in total. The SMILES string of the molecule is [C-]#[N+]c1ccc(CC(=O)N2CCn3nc(-c4ccc(F)c(C)c4)c(C(N)=O)c3C2)cc1F. The number of aryl methyl sites for hydroxylation is 1. The van der Waals surface area contributed by atoms with Crippen molar-refractivity contribution in [1.82, 2.24) is 14.7 Å². The first-order valence-electron chi connectivity index (χ1n) is 9.88. The molecule has 0 radical (unpaired) electrons. The molecule has 3 aromatic rings. The number of carbonyl (C=O) groups is 2. The summed E-state index contributed by atoms with van der Waals surface area (Å²) in [5.41, 5.74) is 8.02. The van der Waals surface area contributed by atoms with Crippen molar-refractivity contribution in [2.45, 2.75) is 26.4 Å². The molecule has 0 fully saturated rings. The lowest BCUT2D eigenvalue weighted by molar-refractivity contribution is -0.132. The molecule has 162 valence electrons. The van der Waals surface area contributed by atoms with Crippen molar-refractivity contribution in [3.8, 4) is 11.3 Å². The smallest absolute Gasteiger partial charge is 0.252 e. The summed E-state index contributed by atoms with van der Waals surface area (Å²) in [4.78, 5) is 29.7. The molecule has 2 amide bonds. The molecule has 4 rings (SSSR count). The van der Waals surface area contributed by atoms with Gasteiger partial charge in [0.1, 0.15) is 17.3 Å². The van der Waals surface area contributed by atoms with Gasteiger partial charge < -0.3 is 10.6 Å². The van der Waals surface area contributed by atoms with Crippen molar-refractivity contribution >= 4 is 17.5 Å². The molecule has 0 unspecified atom stereocenters. The third-order valence-electron chi connectivity index (χ3n) is 5.50. The van der Waals surface area contributed by atoms with Gasteiger partial charge in [0, 0.05) is 12.1 Å². The van der Waals surface area contributed by atoms with Crippen LogP contribution < -0.4 is 5.73 Å². The van der Waals surface area contributed by atoms with E-state index in [-0.39, 0.29) is 35.9 Å². The Morgan fingerprint density at radius 2 is 1.94 bits per heavy atom. The summed E-state index contributed by atoms with van der Waals surface area (Å²) < 4.78 is 29.2. The molecule has 0 bridgehead atoms. The summed E-state index contributed by atoms with van der Waals surface area (Å²) in [6, 6.07) is 8.52. The van der Waals surface area contributed by atoms with E-state index in [0.717, 1.165) is 0 Å². The van der Waals surface area contributed by atoms with Gasteiger partial charge in [0.2, 0.25) is 11.6 Å². The van der Waals surface area contributed by atoms with Crippen LogP contribution in [0.3, 0.4) is 0 Å². The predicted molar refractivity (Wildman–Crippen MR) is 113 cm³/mol. The van der Waals surface area contributed by atoms with E-state index in [0.29, 0.717) is 41.2 Å². The second-order valence-electron chi connectivity index (χ2n) is 7.61. The Morgan fingerprint density at radius 3 is 2.59 bits per heavy atom. The van der Waals surface area contributed by atoms with Crippen LogP contribution in [0.1, 0.15) is 27.2 Å². The average molecular weight is 435 g/mol. The topological polar surface area (TPSA) is 85.6 Å². The average Bonchev–Trinajstić information content (AvgIpc) is 3.14. The lowest BCUT2D eigenvalue weighted by Crippen LogP contribution is -2.40. The Balaban J connectivity index is 1.61. The van der Waals surface area contributed by atoms with Crippen LogP contribution in [0.4, 0.5) is 14.5 Å². The zero-order valence-electron chi connectivity index (χ0n) is 17.2. The van der Waals surface area contributed by atoms with E-state index in [1.54, 1.807) is 28.6 Å². The van der Waals surface area contributed by atoms with Gasteiger partial charge in [-0.15, -0.1) is 0 Å². The van der Waals surface area contributed by atoms with Crippen LogP contribution in [-0.4, -0.2) is 33.0 Å². The van der Waals surface area contributed by atoms with Crippen LogP contribution >= 0.6 is 0 Å². The minimum absolute atomic E-state index is 0.0424. The van der Waals surface area contributed by atoms with Crippen LogP contribution in [0.15, 0.2) is 36.4 Å². The highest BCUT2D eigenvalue weighted by atomic mass is 19.1. The van der Waals surface area contributed by atoms with E-state index in [4.69, 9.17) is 12.3 Å². The van der Waals surface area contributed by atoms with Gasteiger partial charge in [0.05, 0.1) is 37.3 Å². The molecular weight excluding hydrogens is 416 g/mol. The van der Waals surface area contributed by atoms with Crippen molar-refractivity contribution in [1.29, 1.82) is 0 Å². The third-order valence-corrected chi connectivity index (χ3v) is 5.50. The fourth-order valence-corrected chi connectivity index (χ4v) is 3.82. The van der Waals surface area contributed by atoms with Crippen LogP contribution in [-0.2, 0) is 24.3 Å². The fraction of sp³-hybridized carbons (Fsp3) is 0.217. The summed E-state index contributed by atoms with van der Waals surface area (Å²) in [5, 5.41) is 4.50. The number of halogens is 2. The van der Waals surface area contributed by atoms with Gasteiger partial charge in [-0.05, 0) is 42.3 Å². The highest BCUT2D eigenvalue weighted by molar-refractivity contribution is 6.00. The number of amides is 2. The van der Waals surface area contributed by atoms with Gasteiger partial charge in [-0.25, -0.2) is 13.6 Å². The summed E-state index contributed by atoms with van der Waals surface area (Å²) in [7, 11) is 0. The largest absolute Gasteiger partial charge is 0.365 e. The van der Waals surface area contributed by atoms with Gasteiger partial charge in [-0.2, -0.15) is 5.10 Å². The van der Waals surface area contributed by atoms with Crippen molar-refractivity contribution in [3.05, 3.63) is 81.8 Å². The van der Waals surface area contributed by atoms with Gasteiger partial charge in [-0.1, -0.05) is 12.1 Å². The summed E-state index contributed by atoms with van der Waals surface area (Å²) >= 11 is 0. The molecule has 1 aliphatic heterocycles. The Kier molecular flexibility index (Phi) is 5.45. The van der Waals surface area contributed by atoms with Crippen molar-refractivity contribution in [3.63, 3.8) is 0 Å². The maximum atomic E-state index is 13.9. The van der Waals surface area contributed by atoms with E-state index in [9.17, 15) is 18.4 Å². The number of nitrogens with zero attached hydrogens (tertiary/aromatic N) is 4. The minimum atomic E-state index is -0.686. The molecule has 1 aliphatic rings. The number of fused-ring (bicyclic) bond motifs is 1. The molecule has 9 heteroatoms. The monoisotopic (exact) mass is 435 g/mol. The second kappa shape index (κ2) is 8.23. The Labute approximate surface area is 182 Å². The van der Waals surface area contributed by atoms with Gasteiger partial charge in [-0.3, -0.25) is 14.3 Å². The Bertz CT molecular complexity index is 1290. The normalized spacial score (nSPS) is 12.9. The lowest BCUT2D eigenvalue weighted by Gasteiger charge is -2.28. The number of carbonyl (C=O) groups excluding carboxylic acids is 2. The lowest BCUT2D eigenvalue weighted by atomic mass is 10.0. The van der Waals surface area contributed by atoms with Crippen LogP contribution in [0.2, 0.25) is 0 Å². The summed E-state index contributed by atoms with van der Waals surface area (Å²) in [6.45, 7) is 9.36. The van der Waals surface area contributed by atoms with E-state index >= 15 is 0 Å². The maximum absolute atomic E-state index is 13.9. The highest BCUT2D eigenvalue weighted by Crippen LogP contribution is 2.29. The molecule has 2 N–H and O–H groups in total. The molecule has 0 atom stereocenters. The summed E-state index contributed by atoms with van der Waals surface area (Å²) in [6.07, 6.45) is -0.0424. The first-order valence-corrected chi connectivity index (χ1v) is 9.88. The Morgan fingerprint density at radius 1 is 1.16 bits per heavy atom. The third kappa shape index (κ3) is 3.83. The maximum Gasteiger partial charge on any atom is 0.252 e. The quantitative estimate of drug-likeness (QED) is 0.638. The number of primary amides is 1. The highest BCUT2D eigenvalue weighted by Gasteiger charge is 2.29. The van der Waals surface area contributed by atoms with Crippen LogP contribution in [0.5, 0.6) is 0 Å². The molecule has 0 aliphatic carbocycles. The summed E-state index contributed by atoms with van der Waals surface area (Å²) in [5.74, 6) is -1.97. The molecular formula is C23H19F2N5O2. The second-order valence-corrected chi connectivity index (χ2v) is 7.61. The zero-order valence-corrected chi connectivity index (χ0v) is 17.2. The molecule has 2 heterocycles. The minimum Gasteiger partial charge on any atom is -0.365 e. The number of rotatable bonds is 4. The van der Waals surface area contributed by atoms with Crippen molar-refractivity contribution < 1.29 is 18.4 Å². The van der Waals surface area contributed by atoms with E-state index in [1.165, 1.54) is 24.3 Å². The van der Waals surface area contributed by atoms with Gasteiger partial charge >= 0.3 is 0 Å². The number of benzene rings is 2. The van der Waals surface area contributed by atoms with E-state index < -0.39 is 11.7 Å². The first kappa shape index (κ1) is 21.2.